The van der Waals surface area contributed by atoms with E-state index in [2.05, 4.69) is 37.3 Å². The number of benzene rings is 1. The van der Waals surface area contributed by atoms with Crippen molar-refractivity contribution in [2.45, 2.75) is 135 Å². The highest BCUT2D eigenvalue weighted by molar-refractivity contribution is 5.14. The van der Waals surface area contributed by atoms with Crippen LogP contribution in [0, 0.1) is 0 Å². The smallest absolute Gasteiger partial charge is 0.0279 e. The Balaban J connectivity index is 1.67. The molecule has 0 saturated carbocycles. The zero-order chi connectivity index (χ0) is 19.3. The summed E-state index contributed by atoms with van der Waals surface area (Å²) in [5.74, 6) is 0. The van der Waals surface area contributed by atoms with E-state index in [1.165, 1.54) is 134 Å². The summed E-state index contributed by atoms with van der Waals surface area (Å²) in [6.07, 6.45) is 28.9. The van der Waals surface area contributed by atoms with Crippen molar-refractivity contribution < 1.29 is 0 Å². The Morgan fingerprint density at radius 2 is 0.741 bits per heavy atom. The monoisotopic (exact) mass is 372 g/mol. The van der Waals surface area contributed by atoms with Crippen LogP contribution in [-0.4, -0.2) is 0 Å². The van der Waals surface area contributed by atoms with E-state index in [1.807, 2.05) is 0 Å². The van der Waals surface area contributed by atoms with E-state index in [0.717, 1.165) is 0 Å². The first-order valence-corrected chi connectivity index (χ1v) is 12.5. The molecule has 27 heavy (non-hydrogen) atoms. The third kappa shape index (κ3) is 17.1. The van der Waals surface area contributed by atoms with Crippen LogP contribution in [0.1, 0.15) is 134 Å². The molecule has 1 aromatic carbocycles. The molecule has 0 radical (unpaired) electrons. The van der Waals surface area contributed by atoms with E-state index in [-0.39, 0.29) is 0 Å². The van der Waals surface area contributed by atoms with Crippen molar-refractivity contribution in [2.75, 3.05) is 0 Å². The topological polar surface area (TPSA) is 0 Å². The summed E-state index contributed by atoms with van der Waals surface area (Å²) in [6.45, 7) is 2.30. The molecule has 0 heterocycles. The molecule has 0 aliphatic rings. The lowest BCUT2D eigenvalue weighted by atomic mass is 10.0. The third-order valence-electron chi connectivity index (χ3n) is 5.91. The molecule has 0 aromatic heterocycles. The highest BCUT2D eigenvalue weighted by Crippen LogP contribution is 2.15. The summed E-state index contributed by atoms with van der Waals surface area (Å²) in [5.41, 5.74) is 1.50. The van der Waals surface area contributed by atoms with Crippen LogP contribution in [0.25, 0.3) is 0 Å². The predicted octanol–water partition coefficient (Wildman–Crippen LogP) is 9.66. The van der Waals surface area contributed by atoms with Crippen molar-refractivity contribution in [3.63, 3.8) is 0 Å². The molecule has 0 nitrogen and oxygen atoms in total. The van der Waals surface area contributed by atoms with Crippen LogP contribution in [0.4, 0.5) is 0 Å². The van der Waals surface area contributed by atoms with Crippen LogP contribution in [-0.2, 0) is 6.42 Å². The van der Waals surface area contributed by atoms with Crippen LogP contribution in [0.2, 0.25) is 0 Å². The largest absolute Gasteiger partial charge is 0.0654 e. The first kappa shape index (κ1) is 24.3. The maximum Gasteiger partial charge on any atom is -0.0279 e. The first-order valence-electron chi connectivity index (χ1n) is 12.5. The predicted molar refractivity (Wildman–Crippen MR) is 124 cm³/mol. The molecule has 0 spiro atoms. The number of hydrogen-bond donors (Lipinski definition) is 0. The average molecular weight is 373 g/mol. The lowest BCUT2D eigenvalue weighted by Crippen LogP contribution is -1.86. The van der Waals surface area contributed by atoms with Crippen molar-refractivity contribution in [2.24, 2.45) is 0 Å². The maximum atomic E-state index is 2.30. The molecule has 0 aliphatic heterocycles. The fourth-order valence-corrected chi connectivity index (χ4v) is 4.05. The number of rotatable bonds is 20. The van der Waals surface area contributed by atoms with Gasteiger partial charge in [0.05, 0.1) is 0 Å². The molecular formula is C27H48. The van der Waals surface area contributed by atoms with E-state index in [9.17, 15) is 0 Å². The third-order valence-corrected chi connectivity index (χ3v) is 5.91. The van der Waals surface area contributed by atoms with Crippen molar-refractivity contribution in [1.82, 2.24) is 0 Å². The van der Waals surface area contributed by atoms with Gasteiger partial charge in [-0.2, -0.15) is 0 Å². The minimum absolute atomic E-state index is 1.26. The van der Waals surface area contributed by atoms with Gasteiger partial charge >= 0.3 is 0 Å². The molecule has 156 valence electrons. The van der Waals surface area contributed by atoms with E-state index in [4.69, 9.17) is 0 Å². The van der Waals surface area contributed by atoms with Gasteiger partial charge < -0.3 is 0 Å². The Kier molecular flexibility index (Phi) is 17.9. The van der Waals surface area contributed by atoms with Gasteiger partial charge in [0.25, 0.3) is 0 Å². The van der Waals surface area contributed by atoms with Gasteiger partial charge in [-0.1, -0.05) is 153 Å². The zero-order valence-electron chi connectivity index (χ0n) is 18.5. The van der Waals surface area contributed by atoms with Gasteiger partial charge in [-0.25, -0.2) is 0 Å². The summed E-state index contributed by atoms with van der Waals surface area (Å²) >= 11 is 0. The second-order valence-electron chi connectivity index (χ2n) is 8.60. The minimum atomic E-state index is 1.26. The van der Waals surface area contributed by atoms with Crippen LogP contribution in [0.15, 0.2) is 30.3 Å². The Morgan fingerprint density at radius 1 is 0.407 bits per heavy atom. The van der Waals surface area contributed by atoms with Crippen molar-refractivity contribution in [3.05, 3.63) is 35.9 Å². The highest BCUT2D eigenvalue weighted by Gasteiger charge is 1.96. The van der Waals surface area contributed by atoms with Gasteiger partial charge in [-0.3, -0.25) is 0 Å². The van der Waals surface area contributed by atoms with Crippen LogP contribution in [0.5, 0.6) is 0 Å². The standard InChI is InChI=1S/C27H48/c1-2-3-4-5-6-7-8-9-10-11-12-13-14-15-16-17-18-19-21-24-27-25-22-20-23-26-27/h20,22-23,25-26H,2-19,21,24H2,1H3. The lowest BCUT2D eigenvalue weighted by molar-refractivity contribution is 0.523. The summed E-state index contributed by atoms with van der Waals surface area (Å²) in [4.78, 5) is 0. The van der Waals surface area contributed by atoms with Crippen molar-refractivity contribution in [1.29, 1.82) is 0 Å². The highest BCUT2D eigenvalue weighted by atomic mass is 14.0. The first-order chi connectivity index (χ1) is 13.4. The SMILES string of the molecule is CCCCCCCCCCCCCCCCCCCCCc1ccccc1. The van der Waals surface area contributed by atoms with Gasteiger partial charge in [-0.05, 0) is 18.4 Å². The molecule has 0 aliphatic carbocycles. The van der Waals surface area contributed by atoms with Crippen LogP contribution in [0.3, 0.4) is 0 Å². The molecule has 0 amide bonds. The molecule has 1 aromatic rings. The van der Waals surface area contributed by atoms with Gasteiger partial charge in [0.1, 0.15) is 0 Å². The molecule has 0 N–H and O–H groups in total. The van der Waals surface area contributed by atoms with Gasteiger partial charge in [-0.15, -0.1) is 0 Å². The van der Waals surface area contributed by atoms with Crippen LogP contribution >= 0.6 is 0 Å². The second kappa shape index (κ2) is 20.0. The maximum absolute atomic E-state index is 2.30. The number of aryl methyl sites for hydroxylation is 1. The Labute approximate surface area is 171 Å². The van der Waals surface area contributed by atoms with E-state index < -0.39 is 0 Å². The molecule has 0 fully saturated rings. The summed E-state index contributed by atoms with van der Waals surface area (Å²) in [5, 5.41) is 0. The molecule has 0 saturated heterocycles. The van der Waals surface area contributed by atoms with Crippen molar-refractivity contribution >= 4 is 0 Å². The second-order valence-corrected chi connectivity index (χ2v) is 8.60. The number of hydrogen-bond acceptors (Lipinski definition) is 0. The summed E-state index contributed by atoms with van der Waals surface area (Å²) in [7, 11) is 0. The molecule has 1 rings (SSSR count). The summed E-state index contributed by atoms with van der Waals surface area (Å²) < 4.78 is 0. The van der Waals surface area contributed by atoms with Gasteiger partial charge in [0.15, 0.2) is 0 Å². The fraction of sp³-hybridized carbons (Fsp3) is 0.778. The fourth-order valence-electron chi connectivity index (χ4n) is 4.05. The van der Waals surface area contributed by atoms with E-state index in [1.54, 1.807) is 0 Å². The molecule has 0 atom stereocenters. The summed E-state index contributed by atoms with van der Waals surface area (Å²) in [6, 6.07) is 10.9. The minimum Gasteiger partial charge on any atom is -0.0654 e. The van der Waals surface area contributed by atoms with Crippen molar-refractivity contribution in [3.8, 4) is 0 Å². The zero-order valence-corrected chi connectivity index (χ0v) is 18.5. The Bertz CT molecular complexity index is 380. The van der Waals surface area contributed by atoms with Gasteiger partial charge in [0, 0.05) is 0 Å². The average Bonchev–Trinajstić information content (AvgIpc) is 2.70. The molecule has 0 unspecified atom stereocenters. The number of unbranched alkanes of at least 4 members (excludes halogenated alkanes) is 18. The lowest BCUT2D eigenvalue weighted by Gasteiger charge is -2.04. The Hall–Kier alpha value is -0.780. The Morgan fingerprint density at radius 3 is 1.11 bits per heavy atom. The normalized spacial score (nSPS) is 11.1. The molecule has 0 heteroatoms. The van der Waals surface area contributed by atoms with Crippen LogP contribution < -0.4 is 0 Å². The van der Waals surface area contributed by atoms with Gasteiger partial charge in [0.2, 0.25) is 0 Å². The quantitative estimate of drug-likeness (QED) is 0.200. The molecular weight excluding hydrogens is 324 g/mol. The van der Waals surface area contributed by atoms with E-state index >= 15 is 0 Å². The van der Waals surface area contributed by atoms with E-state index in [0.29, 0.717) is 0 Å². The molecule has 0 bridgehead atoms.